The van der Waals surface area contributed by atoms with Gasteiger partial charge >= 0.3 is 5.97 Å². The van der Waals surface area contributed by atoms with Gasteiger partial charge in [0, 0.05) is 17.3 Å². The second-order valence-corrected chi connectivity index (χ2v) is 4.85. The number of carbonyl (C=O) groups excluding carboxylic acids is 1. The van der Waals surface area contributed by atoms with Gasteiger partial charge in [-0.15, -0.1) is 0 Å². The van der Waals surface area contributed by atoms with E-state index in [4.69, 9.17) is 16.0 Å². The molecular formula is C14H12ClN3O3. The minimum absolute atomic E-state index is 0.0556. The summed E-state index contributed by atoms with van der Waals surface area (Å²) in [6.07, 6.45) is 1.63. The quantitative estimate of drug-likeness (QED) is 0.549. The van der Waals surface area contributed by atoms with Crippen molar-refractivity contribution < 1.29 is 13.9 Å². The Morgan fingerprint density at radius 1 is 1.52 bits per heavy atom. The maximum Gasteiger partial charge on any atom is 0.310 e. The Hall–Kier alpha value is -2.34. The number of methoxy groups -OCH3 is 1. The molecule has 21 heavy (non-hydrogen) atoms. The SMILES string of the molecule is COC(=O)Cc1c(C)nc2cc(-c3ccco3)nn2c1Cl. The van der Waals surface area contributed by atoms with Gasteiger partial charge in [0.2, 0.25) is 0 Å². The molecule has 0 aliphatic rings. The van der Waals surface area contributed by atoms with Gasteiger partial charge in [-0.1, -0.05) is 11.6 Å². The number of aromatic nitrogens is 3. The van der Waals surface area contributed by atoms with E-state index < -0.39 is 0 Å². The van der Waals surface area contributed by atoms with Crippen LogP contribution in [-0.2, 0) is 16.0 Å². The first-order chi connectivity index (χ1) is 10.1. The van der Waals surface area contributed by atoms with E-state index in [9.17, 15) is 4.79 Å². The van der Waals surface area contributed by atoms with Crippen LogP contribution in [0.1, 0.15) is 11.3 Å². The normalized spacial score (nSPS) is 11.0. The molecular weight excluding hydrogens is 294 g/mol. The zero-order chi connectivity index (χ0) is 15.0. The minimum Gasteiger partial charge on any atom is -0.469 e. The largest absolute Gasteiger partial charge is 0.469 e. The summed E-state index contributed by atoms with van der Waals surface area (Å²) in [5.74, 6) is 0.253. The molecule has 0 bridgehead atoms. The highest BCUT2D eigenvalue weighted by atomic mass is 35.5. The maximum absolute atomic E-state index is 11.5. The smallest absolute Gasteiger partial charge is 0.310 e. The first kappa shape index (κ1) is 13.6. The van der Waals surface area contributed by atoms with Gasteiger partial charge in [-0.05, 0) is 19.1 Å². The van der Waals surface area contributed by atoms with Crippen LogP contribution in [0.5, 0.6) is 0 Å². The number of esters is 1. The third kappa shape index (κ3) is 2.38. The zero-order valence-electron chi connectivity index (χ0n) is 11.5. The summed E-state index contributed by atoms with van der Waals surface area (Å²) in [5, 5.41) is 4.71. The number of ether oxygens (including phenoxy) is 1. The van der Waals surface area contributed by atoms with E-state index in [2.05, 4.69) is 14.8 Å². The Labute approximate surface area is 125 Å². The zero-order valence-corrected chi connectivity index (χ0v) is 12.2. The fourth-order valence-corrected chi connectivity index (χ4v) is 2.40. The minimum atomic E-state index is -0.375. The molecule has 3 heterocycles. The van der Waals surface area contributed by atoms with Gasteiger partial charge in [-0.25, -0.2) is 9.50 Å². The Morgan fingerprint density at radius 2 is 2.33 bits per heavy atom. The van der Waals surface area contributed by atoms with Gasteiger partial charge in [-0.3, -0.25) is 4.79 Å². The fourth-order valence-electron chi connectivity index (χ4n) is 2.07. The number of carbonyl (C=O) groups is 1. The molecule has 0 N–H and O–H groups in total. The topological polar surface area (TPSA) is 69.6 Å². The first-order valence-electron chi connectivity index (χ1n) is 6.25. The van der Waals surface area contributed by atoms with Crippen LogP contribution < -0.4 is 0 Å². The standard InChI is InChI=1S/C14H12ClN3O3/c1-8-9(6-13(19)20-2)14(15)18-12(16-8)7-10(17-18)11-4-3-5-21-11/h3-5,7H,6H2,1-2H3. The molecule has 0 amide bonds. The van der Waals surface area contributed by atoms with E-state index in [1.807, 2.05) is 0 Å². The van der Waals surface area contributed by atoms with E-state index in [1.54, 1.807) is 31.4 Å². The molecule has 0 saturated heterocycles. The summed E-state index contributed by atoms with van der Waals surface area (Å²) in [6, 6.07) is 5.36. The lowest BCUT2D eigenvalue weighted by atomic mass is 10.2. The predicted molar refractivity (Wildman–Crippen MR) is 76.2 cm³/mol. The van der Waals surface area contributed by atoms with Crippen LogP contribution in [-0.4, -0.2) is 27.7 Å². The second-order valence-electron chi connectivity index (χ2n) is 4.50. The summed E-state index contributed by atoms with van der Waals surface area (Å²) in [7, 11) is 1.33. The molecule has 6 nitrogen and oxygen atoms in total. The highest BCUT2D eigenvalue weighted by Gasteiger charge is 2.17. The highest BCUT2D eigenvalue weighted by molar-refractivity contribution is 6.30. The van der Waals surface area contributed by atoms with Gasteiger partial charge in [0.25, 0.3) is 0 Å². The molecule has 3 aromatic heterocycles. The number of hydrogen-bond acceptors (Lipinski definition) is 5. The molecule has 0 unspecified atom stereocenters. The highest BCUT2D eigenvalue weighted by Crippen LogP contribution is 2.25. The lowest BCUT2D eigenvalue weighted by molar-refractivity contribution is -0.139. The first-order valence-corrected chi connectivity index (χ1v) is 6.63. The molecule has 0 atom stereocenters. The summed E-state index contributed by atoms with van der Waals surface area (Å²) < 4.78 is 11.5. The third-order valence-electron chi connectivity index (χ3n) is 3.17. The van der Waals surface area contributed by atoms with E-state index in [-0.39, 0.29) is 12.4 Å². The number of halogens is 1. The number of furan rings is 1. The van der Waals surface area contributed by atoms with Crippen LogP contribution >= 0.6 is 11.6 Å². The number of rotatable bonds is 3. The number of aryl methyl sites for hydroxylation is 1. The number of nitrogens with zero attached hydrogens (tertiary/aromatic N) is 3. The molecule has 108 valence electrons. The van der Waals surface area contributed by atoms with Crippen molar-refractivity contribution in [2.75, 3.05) is 7.11 Å². The number of hydrogen-bond donors (Lipinski definition) is 0. The molecule has 3 rings (SSSR count). The molecule has 0 aromatic carbocycles. The van der Waals surface area contributed by atoms with Crippen molar-refractivity contribution >= 4 is 23.2 Å². The van der Waals surface area contributed by atoms with E-state index >= 15 is 0 Å². The summed E-state index contributed by atoms with van der Waals surface area (Å²) in [4.78, 5) is 15.9. The summed E-state index contributed by atoms with van der Waals surface area (Å²) in [6.45, 7) is 1.80. The van der Waals surface area contributed by atoms with Crippen molar-refractivity contribution in [1.29, 1.82) is 0 Å². The van der Waals surface area contributed by atoms with Gasteiger partial charge in [0.15, 0.2) is 11.4 Å². The monoisotopic (exact) mass is 305 g/mol. The van der Waals surface area contributed by atoms with Crippen molar-refractivity contribution in [3.63, 3.8) is 0 Å². The van der Waals surface area contributed by atoms with E-state index in [1.165, 1.54) is 11.6 Å². The fraction of sp³-hybridized carbons (Fsp3) is 0.214. The number of fused-ring (bicyclic) bond motifs is 1. The molecule has 0 radical (unpaired) electrons. The molecule has 0 fully saturated rings. The van der Waals surface area contributed by atoms with Crippen LogP contribution in [0.4, 0.5) is 0 Å². The van der Waals surface area contributed by atoms with E-state index in [0.29, 0.717) is 33.5 Å². The molecule has 0 aliphatic carbocycles. The lowest BCUT2D eigenvalue weighted by Crippen LogP contribution is -2.10. The maximum atomic E-state index is 11.5. The van der Waals surface area contributed by atoms with Crippen molar-refractivity contribution in [2.45, 2.75) is 13.3 Å². The average Bonchev–Trinajstić information content (AvgIpc) is 3.11. The summed E-state index contributed by atoms with van der Waals surface area (Å²) >= 11 is 6.34. The molecule has 0 aliphatic heterocycles. The van der Waals surface area contributed by atoms with Gasteiger partial charge in [0.05, 0.1) is 19.8 Å². The van der Waals surface area contributed by atoms with Crippen LogP contribution in [0.25, 0.3) is 17.1 Å². The Balaban J connectivity index is 2.13. The van der Waals surface area contributed by atoms with Gasteiger partial charge in [-0.2, -0.15) is 5.10 Å². The Morgan fingerprint density at radius 3 is 3.00 bits per heavy atom. The Bertz CT molecular complexity index is 809. The Kier molecular flexibility index (Phi) is 3.39. The molecule has 3 aromatic rings. The van der Waals surface area contributed by atoms with Gasteiger partial charge < -0.3 is 9.15 Å². The average molecular weight is 306 g/mol. The van der Waals surface area contributed by atoms with Crippen molar-refractivity contribution in [1.82, 2.24) is 14.6 Å². The lowest BCUT2D eigenvalue weighted by Gasteiger charge is -2.07. The van der Waals surface area contributed by atoms with Crippen LogP contribution in [0, 0.1) is 6.92 Å². The van der Waals surface area contributed by atoms with Crippen molar-refractivity contribution in [2.24, 2.45) is 0 Å². The molecule has 0 saturated carbocycles. The summed E-state index contributed by atoms with van der Waals surface area (Å²) in [5.41, 5.74) is 2.50. The molecule has 7 heteroatoms. The van der Waals surface area contributed by atoms with Crippen LogP contribution in [0.3, 0.4) is 0 Å². The third-order valence-corrected chi connectivity index (χ3v) is 3.56. The van der Waals surface area contributed by atoms with Crippen molar-refractivity contribution in [3.05, 3.63) is 40.9 Å². The van der Waals surface area contributed by atoms with Gasteiger partial charge in [0.1, 0.15) is 10.8 Å². The van der Waals surface area contributed by atoms with Crippen LogP contribution in [0.15, 0.2) is 28.9 Å². The predicted octanol–water partition coefficient (Wildman–Crippen LogP) is 2.67. The van der Waals surface area contributed by atoms with E-state index in [0.717, 1.165) is 0 Å². The van der Waals surface area contributed by atoms with Crippen molar-refractivity contribution in [3.8, 4) is 11.5 Å². The van der Waals surface area contributed by atoms with Crippen LogP contribution in [0.2, 0.25) is 5.15 Å². The second kappa shape index (κ2) is 5.21. The molecule has 0 spiro atoms.